The van der Waals surface area contributed by atoms with Crippen LogP contribution in [0, 0.1) is 0 Å². The number of carbonyl (C=O) groups is 1. The predicted octanol–water partition coefficient (Wildman–Crippen LogP) is 10.8. The fourth-order valence-electron chi connectivity index (χ4n) is 9.03. The molecule has 11 heteroatoms. The van der Waals surface area contributed by atoms with Crippen molar-refractivity contribution >= 4 is 5.91 Å². The van der Waals surface area contributed by atoms with Crippen LogP contribution in [0.2, 0.25) is 0 Å². The number of rotatable bonds is 47. The third-order valence-electron chi connectivity index (χ3n) is 13.6. The van der Waals surface area contributed by atoms with Crippen molar-refractivity contribution in [2.75, 3.05) is 13.2 Å². The van der Waals surface area contributed by atoms with Crippen LogP contribution >= 0.6 is 0 Å². The van der Waals surface area contributed by atoms with Gasteiger partial charge in [0, 0.05) is 0 Å². The second-order valence-electron chi connectivity index (χ2n) is 19.7. The fraction of sp³-hybridized carbons (Fsp3) is 0.944. The molecule has 11 nitrogen and oxygen atoms in total. The van der Waals surface area contributed by atoms with Gasteiger partial charge in [-0.3, -0.25) is 4.79 Å². The van der Waals surface area contributed by atoms with Crippen molar-refractivity contribution in [1.29, 1.82) is 0 Å². The van der Waals surface area contributed by atoms with E-state index in [0.717, 1.165) is 38.5 Å². The Morgan fingerprint density at radius 3 is 1.32 bits per heavy atom. The molecule has 1 saturated heterocycles. The number of ether oxygens (including phenoxy) is 2. The van der Waals surface area contributed by atoms with E-state index in [-0.39, 0.29) is 12.8 Å². The molecule has 0 radical (unpaired) electrons. The number of nitrogens with one attached hydrogen (secondary N) is 1. The second kappa shape index (κ2) is 44.1. The molecule has 0 spiro atoms. The molecule has 8 N–H and O–H groups in total. The van der Waals surface area contributed by atoms with E-state index in [1.165, 1.54) is 180 Å². The maximum absolute atomic E-state index is 13.0. The SMILES string of the molecule is CCCCCCCCCCCCCCCCCCCCCCCCCCC/C=C/CCCC(O)C(O)C(COC1OC(CO)C(O)C(O)C1O)NC(=O)C(O)CCCCCCCCCC. The molecule has 0 aliphatic carbocycles. The van der Waals surface area contributed by atoms with Gasteiger partial charge in [0.15, 0.2) is 6.29 Å². The van der Waals surface area contributed by atoms with E-state index >= 15 is 0 Å². The number of allylic oxidation sites excluding steroid dienone is 2. The molecule has 0 aromatic carbocycles. The summed E-state index contributed by atoms with van der Waals surface area (Å²) in [5, 5.41) is 75.6. The maximum Gasteiger partial charge on any atom is 0.249 e. The van der Waals surface area contributed by atoms with Crippen molar-refractivity contribution in [3.05, 3.63) is 12.2 Å². The smallest absolute Gasteiger partial charge is 0.249 e. The van der Waals surface area contributed by atoms with Crippen LogP contribution in [0.15, 0.2) is 12.2 Å². The lowest BCUT2D eigenvalue weighted by molar-refractivity contribution is -0.303. The standard InChI is InChI=1S/C54H105NO10/c1-3-5-7-9-11-13-14-15-16-17-18-19-20-21-22-23-24-25-26-27-28-29-30-31-32-33-34-36-37-39-41-46(57)49(59)45(44-64-54-52(62)51(61)50(60)48(43-56)65-54)55-53(63)47(58)42-40-38-35-12-10-8-6-4-2/h34,36,45-52,54,56-62H,3-33,35,37-44H2,1-2H3,(H,55,63)/b36-34+. The Morgan fingerprint density at radius 2 is 0.908 bits per heavy atom. The summed E-state index contributed by atoms with van der Waals surface area (Å²) in [6.07, 6.45) is 38.9. The molecule has 386 valence electrons. The van der Waals surface area contributed by atoms with E-state index in [1.54, 1.807) is 0 Å². The summed E-state index contributed by atoms with van der Waals surface area (Å²) in [6, 6.07) is -1.18. The number of hydrogen-bond donors (Lipinski definition) is 8. The summed E-state index contributed by atoms with van der Waals surface area (Å²) >= 11 is 0. The van der Waals surface area contributed by atoms with Crippen molar-refractivity contribution in [3.8, 4) is 0 Å². The molecule has 0 aromatic rings. The third kappa shape index (κ3) is 33.1. The maximum atomic E-state index is 13.0. The average molecular weight is 928 g/mol. The van der Waals surface area contributed by atoms with Crippen molar-refractivity contribution in [2.24, 2.45) is 0 Å². The molecule has 0 saturated carbocycles. The number of aliphatic hydroxyl groups excluding tert-OH is 7. The number of hydrogen-bond acceptors (Lipinski definition) is 10. The Balaban J connectivity index is 2.20. The van der Waals surface area contributed by atoms with E-state index in [2.05, 4.69) is 31.3 Å². The molecule has 9 atom stereocenters. The summed E-state index contributed by atoms with van der Waals surface area (Å²) < 4.78 is 11.1. The molecule has 1 fully saturated rings. The molecular formula is C54H105NO10. The van der Waals surface area contributed by atoms with Crippen LogP contribution in [-0.4, -0.2) is 110 Å². The van der Waals surface area contributed by atoms with Crippen LogP contribution in [0.25, 0.3) is 0 Å². The minimum atomic E-state index is -1.66. The van der Waals surface area contributed by atoms with Crippen LogP contribution in [0.1, 0.15) is 258 Å². The normalized spacial score (nSPS) is 20.9. The largest absolute Gasteiger partial charge is 0.394 e. The number of unbranched alkanes of at least 4 members (excludes halogenated alkanes) is 33. The van der Waals surface area contributed by atoms with Gasteiger partial charge in [-0.25, -0.2) is 0 Å². The topological polar surface area (TPSA) is 189 Å². The summed E-state index contributed by atoms with van der Waals surface area (Å²) in [4.78, 5) is 13.0. The Hall–Kier alpha value is -1.15. The number of carbonyl (C=O) groups excluding carboxylic acids is 1. The van der Waals surface area contributed by atoms with Crippen LogP contribution < -0.4 is 5.32 Å². The van der Waals surface area contributed by atoms with Gasteiger partial charge in [0.2, 0.25) is 5.91 Å². The fourth-order valence-corrected chi connectivity index (χ4v) is 9.03. The first-order valence-electron chi connectivity index (χ1n) is 27.6. The van der Waals surface area contributed by atoms with Gasteiger partial charge in [-0.1, -0.05) is 231 Å². The van der Waals surface area contributed by atoms with Gasteiger partial charge < -0.3 is 50.5 Å². The summed E-state index contributed by atoms with van der Waals surface area (Å²) in [5.41, 5.74) is 0. The van der Waals surface area contributed by atoms with Gasteiger partial charge in [-0.2, -0.15) is 0 Å². The molecule has 1 amide bonds. The molecule has 1 aliphatic heterocycles. The zero-order chi connectivity index (χ0) is 47.6. The monoisotopic (exact) mass is 928 g/mol. The second-order valence-corrected chi connectivity index (χ2v) is 19.7. The summed E-state index contributed by atoms with van der Waals surface area (Å²) in [5.74, 6) is -0.708. The van der Waals surface area contributed by atoms with E-state index in [1.807, 2.05) is 0 Å². The first kappa shape index (κ1) is 61.9. The average Bonchev–Trinajstić information content (AvgIpc) is 3.31. The third-order valence-corrected chi connectivity index (χ3v) is 13.6. The predicted molar refractivity (Wildman–Crippen MR) is 266 cm³/mol. The summed E-state index contributed by atoms with van der Waals surface area (Å²) in [7, 11) is 0. The van der Waals surface area contributed by atoms with E-state index in [0.29, 0.717) is 12.8 Å². The van der Waals surface area contributed by atoms with E-state index in [4.69, 9.17) is 9.47 Å². The lowest BCUT2D eigenvalue weighted by atomic mass is 9.98. The zero-order valence-corrected chi connectivity index (χ0v) is 42.0. The highest BCUT2D eigenvalue weighted by molar-refractivity contribution is 5.80. The number of aliphatic hydroxyl groups is 7. The van der Waals surface area contributed by atoms with Crippen LogP contribution in [0.4, 0.5) is 0 Å². The minimum Gasteiger partial charge on any atom is -0.394 e. The molecule has 1 heterocycles. The molecule has 1 rings (SSSR count). The molecule has 0 bridgehead atoms. The van der Waals surface area contributed by atoms with Gasteiger partial charge in [0.05, 0.1) is 25.4 Å². The quantitative estimate of drug-likeness (QED) is 0.0215. The Labute approximate surface area is 398 Å². The van der Waals surface area contributed by atoms with Crippen LogP contribution in [0.3, 0.4) is 0 Å². The van der Waals surface area contributed by atoms with Gasteiger partial charge in [0.1, 0.15) is 36.6 Å². The van der Waals surface area contributed by atoms with E-state index < -0.39 is 74.2 Å². The van der Waals surface area contributed by atoms with Crippen molar-refractivity contribution < 1.29 is 50.0 Å². The molecule has 0 aromatic heterocycles. The minimum absolute atomic E-state index is 0.256. The Bertz CT molecular complexity index is 1060. The molecule has 65 heavy (non-hydrogen) atoms. The summed E-state index contributed by atoms with van der Waals surface area (Å²) in [6.45, 7) is 3.40. The van der Waals surface area contributed by atoms with Gasteiger partial charge in [-0.15, -0.1) is 0 Å². The Morgan fingerprint density at radius 1 is 0.523 bits per heavy atom. The first-order chi connectivity index (χ1) is 31.7. The van der Waals surface area contributed by atoms with Crippen molar-refractivity contribution in [1.82, 2.24) is 5.32 Å². The highest BCUT2D eigenvalue weighted by Crippen LogP contribution is 2.23. The molecule has 9 unspecified atom stereocenters. The highest BCUT2D eigenvalue weighted by atomic mass is 16.7. The number of amides is 1. The zero-order valence-electron chi connectivity index (χ0n) is 42.0. The van der Waals surface area contributed by atoms with E-state index in [9.17, 15) is 40.5 Å². The highest BCUT2D eigenvalue weighted by Gasteiger charge is 2.44. The lowest BCUT2D eigenvalue weighted by Crippen LogP contribution is -2.60. The van der Waals surface area contributed by atoms with Crippen LogP contribution in [-0.2, 0) is 14.3 Å². The van der Waals surface area contributed by atoms with Crippen molar-refractivity contribution in [3.63, 3.8) is 0 Å². The Kier molecular flexibility index (Phi) is 42.0. The molecule has 1 aliphatic rings. The van der Waals surface area contributed by atoms with Crippen LogP contribution in [0.5, 0.6) is 0 Å². The van der Waals surface area contributed by atoms with Gasteiger partial charge in [0.25, 0.3) is 0 Å². The van der Waals surface area contributed by atoms with Crippen molar-refractivity contribution in [2.45, 2.75) is 313 Å². The van der Waals surface area contributed by atoms with Gasteiger partial charge >= 0.3 is 0 Å². The van der Waals surface area contributed by atoms with Gasteiger partial charge in [-0.05, 0) is 38.5 Å². The first-order valence-corrected chi connectivity index (χ1v) is 27.6. The lowest BCUT2D eigenvalue weighted by Gasteiger charge is -2.40. The molecular weight excluding hydrogens is 823 g/mol.